The molecule has 2 heterocycles. The van der Waals surface area contributed by atoms with Crippen molar-refractivity contribution < 1.29 is 23.5 Å². The first kappa shape index (κ1) is 20.4. The molecule has 2 N–H and O–H groups in total. The highest BCUT2D eigenvalue weighted by atomic mass is 32.1. The van der Waals surface area contributed by atoms with E-state index in [2.05, 4.69) is 15.6 Å². The van der Waals surface area contributed by atoms with E-state index >= 15 is 0 Å². The predicted octanol–water partition coefficient (Wildman–Crippen LogP) is 4.52. The average molecular weight is 453 g/mol. The minimum Gasteiger partial charge on any atom is -0.454 e. The number of hydrogen-bond donors (Lipinski definition) is 2. The lowest BCUT2D eigenvalue weighted by molar-refractivity contribution is -0.117. The Balaban J connectivity index is 1.26. The Labute approximate surface area is 187 Å². The molecule has 164 valence electrons. The predicted molar refractivity (Wildman–Crippen MR) is 118 cm³/mol. The van der Waals surface area contributed by atoms with E-state index in [1.54, 1.807) is 24.3 Å². The van der Waals surface area contributed by atoms with E-state index in [9.17, 15) is 14.0 Å². The van der Waals surface area contributed by atoms with Gasteiger partial charge in [0.15, 0.2) is 16.6 Å². The van der Waals surface area contributed by atoms with E-state index in [0.717, 1.165) is 23.3 Å². The van der Waals surface area contributed by atoms with Crippen LogP contribution in [0.2, 0.25) is 0 Å². The third kappa shape index (κ3) is 4.29. The molecule has 1 fully saturated rings. The van der Waals surface area contributed by atoms with Crippen molar-refractivity contribution in [1.82, 2.24) is 4.98 Å². The largest absolute Gasteiger partial charge is 0.454 e. The topological polar surface area (TPSA) is 89.6 Å². The lowest BCUT2D eigenvalue weighted by Gasteiger charge is -2.07. The number of nitrogens with one attached hydrogen (secondary N) is 2. The Kier molecular flexibility index (Phi) is 5.26. The molecule has 9 heteroatoms. The van der Waals surface area contributed by atoms with Crippen molar-refractivity contribution in [3.05, 3.63) is 52.7 Å². The number of anilines is 2. The summed E-state index contributed by atoms with van der Waals surface area (Å²) in [5.41, 5.74) is 2.13. The lowest BCUT2D eigenvalue weighted by atomic mass is 10.1. The van der Waals surface area contributed by atoms with Crippen molar-refractivity contribution in [2.75, 3.05) is 17.4 Å². The van der Waals surface area contributed by atoms with Gasteiger partial charge in [0.2, 0.25) is 18.6 Å². The molecule has 2 aliphatic rings. The molecule has 1 aromatic heterocycles. The van der Waals surface area contributed by atoms with Gasteiger partial charge in [0.25, 0.3) is 0 Å². The van der Waals surface area contributed by atoms with Crippen LogP contribution in [-0.2, 0) is 16.0 Å². The molecule has 5 rings (SSSR count). The fourth-order valence-corrected chi connectivity index (χ4v) is 4.31. The highest BCUT2D eigenvalue weighted by Crippen LogP contribution is 2.35. The molecule has 2 amide bonds. The van der Waals surface area contributed by atoms with Gasteiger partial charge in [-0.3, -0.25) is 9.59 Å². The normalized spacial score (nSPS) is 14.3. The zero-order chi connectivity index (χ0) is 22.2. The Morgan fingerprint density at radius 1 is 1.12 bits per heavy atom. The van der Waals surface area contributed by atoms with Gasteiger partial charge in [-0.05, 0) is 49.6 Å². The molecule has 0 radical (unpaired) electrons. The number of hydrogen-bond acceptors (Lipinski definition) is 6. The molecule has 3 aromatic rings. The average Bonchev–Trinajstić information content (AvgIpc) is 3.41. The highest BCUT2D eigenvalue weighted by molar-refractivity contribution is 7.16. The minimum atomic E-state index is -0.516. The van der Waals surface area contributed by atoms with Gasteiger partial charge in [-0.1, -0.05) is 12.1 Å². The SMILES string of the molecule is Cc1sc(NC(=O)Cc2ccc3c(c2)OCO3)nc1-c1ccc(NC(=O)C2CC2)c(F)c1. The Morgan fingerprint density at radius 3 is 2.72 bits per heavy atom. The Morgan fingerprint density at radius 2 is 1.94 bits per heavy atom. The smallest absolute Gasteiger partial charge is 0.231 e. The molecule has 1 aliphatic heterocycles. The summed E-state index contributed by atoms with van der Waals surface area (Å²) in [7, 11) is 0. The van der Waals surface area contributed by atoms with Crippen LogP contribution in [-0.4, -0.2) is 23.6 Å². The van der Waals surface area contributed by atoms with Crippen molar-refractivity contribution in [3.63, 3.8) is 0 Å². The summed E-state index contributed by atoms with van der Waals surface area (Å²) in [4.78, 5) is 29.7. The number of aryl methyl sites for hydroxylation is 1. The molecule has 0 bridgehead atoms. The molecular formula is C23H20FN3O4S. The molecule has 7 nitrogen and oxygen atoms in total. The van der Waals surface area contributed by atoms with Gasteiger partial charge in [-0.15, -0.1) is 11.3 Å². The van der Waals surface area contributed by atoms with Gasteiger partial charge >= 0.3 is 0 Å². The van der Waals surface area contributed by atoms with Gasteiger partial charge in [0, 0.05) is 16.4 Å². The van der Waals surface area contributed by atoms with Gasteiger partial charge in [-0.25, -0.2) is 9.37 Å². The number of amides is 2. The van der Waals surface area contributed by atoms with Crippen molar-refractivity contribution in [3.8, 4) is 22.8 Å². The van der Waals surface area contributed by atoms with E-state index in [-0.39, 0.29) is 36.6 Å². The lowest BCUT2D eigenvalue weighted by Crippen LogP contribution is -2.14. The van der Waals surface area contributed by atoms with E-state index in [1.165, 1.54) is 17.4 Å². The molecule has 1 saturated carbocycles. The molecule has 0 unspecified atom stereocenters. The van der Waals surface area contributed by atoms with Crippen LogP contribution in [0.5, 0.6) is 11.5 Å². The van der Waals surface area contributed by atoms with Crippen LogP contribution >= 0.6 is 11.3 Å². The standard InChI is InChI=1S/C23H20FN3O4S/c1-12-21(15-5-6-17(16(24)10-15)25-22(29)14-3-4-14)27-23(32-12)26-20(28)9-13-2-7-18-19(8-13)31-11-30-18/h2,5-8,10,14H,3-4,9,11H2,1H3,(H,25,29)(H,26,27,28). The summed E-state index contributed by atoms with van der Waals surface area (Å²) in [5.74, 6) is 0.416. The van der Waals surface area contributed by atoms with Crippen molar-refractivity contribution in [2.45, 2.75) is 26.2 Å². The monoisotopic (exact) mass is 453 g/mol. The van der Waals surface area contributed by atoms with E-state index in [4.69, 9.17) is 9.47 Å². The van der Waals surface area contributed by atoms with Crippen LogP contribution < -0.4 is 20.1 Å². The van der Waals surface area contributed by atoms with Crippen LogP contribution in [0.25, 0.3) is 11.3 Å². The molecule has 0 saturated heterocycles. The summed E-state index contributed by atoms with van der Waals surface area (Å²) >= 11 is 1.32. The number of carbonyl (C=O) groups excluding carboxylic acids is 2. The molecule has 32 heavy (non-hydrogen) atoms. The first-order valence-corrected chi connectivity index (χ1v) is 11.0. The molecule has 1 aliphatic carbocycles. The second kappa shape index (κ2) is 8.23. The number of rotatable bonds is 6. The minimum absolute atomic E-state index is 0.00121. The van der Waals surface area contributed by atoms with Gasteiger partial charge in [0.05, 0.1) is 17.8 Å². The van der Waals surface area contributed by atoms with E-state index in [1.807, 2.05) is 13.0 Å². The highest BCUT2D eigenvalue weighted by Gasteiger charge is 2.30. The maximum Gasteiger partial charge on any atom is 0.231 e. The summed E-state index contributed by atoms with van der Waals surface area (Å²) in [5, 5.41) is 5.88. The second-order valence-corrected chi connectivity index (χ2v) is 9.00. The van der Waals surface area contributed by atoms with E-state index < -0.39 is 5.82 Å². The number of ether oxygens (including phenoxy) is 2. The van der Waals surface area contributed by atoms with Crippen molar-refractivity contribution >= 4 is 34.0 Å². The summed E-state index contributed by atoms with van der Waals surface area (Å²) in [6, 6.07) is 9.99. The zero-order valence-corrected chi connectivity index (χ0v) is 18.1. The van der Waals surface area contributed by atoms with Crippen LogP contribution in [0, 0.1) is 18.7 Å². The van der Waals surface area contributed by atoms with Crippen molar-refractivity contribution in [2.24, 2.45) is 5.92 Å². The summed E-state index contributed by atoms with van der Waals surface area (Å²) < 4.78 is 25.2. The first-order valence-electron chi connectivity index (χ1n) is 10.2. The quantitative estimate of drug-likeness (QED) is 0.573. The number of thiazole rings is 1. The van der Waals surface area contributed by atoms with Crippen molar-refractivity contribution in [1.29, 1.82) is 0 Å². The van der Waals surface area contributed by atoms with Crippen LogP contribution in [0.15, 0.2) is 36.4 Å². The maximum absolute atomic E-state index is 14.5. The van der Waals surface area contributed by atoms with Crippen LogP contribution in [0.1, 0.15) is 23.3 Å². The number of fused-ring (bicyclic) bond motifs is 1. The van der Waals surface area contributed by atoms with E-state index in [0.29, 0.717) is 27.9 Å². The van der Waals surface area contributed by atoms with Gasteiger partial charge in [0.1, 0.15) is 5.82 Å². The molecule has 0 spiro atoms. The Bertz CT molecular complexity index is 1220. The summed E-state index contributed by atoms with van der Waals surface area (Å²) in [6.45, 7) is 2.04. The molecule has 0 atom stereocenters. The molecular weight excluding hydrogens is 433 g/mol. The van der Waals surface area contributed by atoms with Gasteiger partial charge < -0.3 is 20.1 Å². The summed E-state index contributed by atoms with van der Waals surface area (Å²) in [6.07, 6.45) is 1.87. The third-order valence-electron chi connectivity index (χ3n) is 5.29. The second-order valence-electron chi connectivity index (χ2n) is 7.79. The van der Waals surface area contributed by atoms with Crippen LogP contribution in [0.3, 0.4) is 0 Å². The number of benzene rings is 2. The number of carbonyl (C=O) groups is 2. The number of aromatic nitrogens is 1. The Hall–Kier alpha value is -3.46. The third-order valence-corrected chi connectivity index (χ3v) is 6.18. The molecule has 2 aromatic carbocycles. The fourth-order valence-electron chi connectivity index (χ4n) is 3.46. The van der Waals surface area contributed by atoms with Gasteiger partial charge in [-0.2, -0.15) is 0 Å². The number of nitrogens with zero attached hydrogens (tertiary/aromatic N) is 1. The maximum atomic E-state index is 14.5. The first-order chi connectivity index (χ1) is 15.5. The zero-order valence-electron chi connectivity index (χ0n) is 17.2. The number of halogens is 1. The fraction of sp³-hybridized carbons (Fsp3) is 0.261. The van der Waals surface area contributed by atoms with Crippen LogP contribution in [0.4, 0.5) is 15.2 Å².